The average Bonchev–Trinajstić information content (AvgIpc) is 3.39. The third-order valence-corrected chi connectivity index (χ3v) is 8.30. The summed E-state index contributed by atoms with van der Waals surface area (Å²) in [6, 6.07) is 44.7. The number of para-hydroxylation sites is 1. The van der Waals surface area contributed by atoms with Crippen molar-refractivity contribution >= 4 is 32.6 Å². The number of fused-ring (bicyclic) bond motifs is 5. The van der Waals surface area contributed by atoms with Crippen molar-refractivity contribution in [1.82, 2.24) is 14.5 Å². The van der Waals surface area contributed by atoms with Gasteiger partial charge in [0, 0.05) is 39.7 Å². The first-order chi connectivity index (χ1) is 20.8. The molecule has 0 fully saturated rings. The molecule has 6 aromatic carbocycles. The minimum atomic E-state index is 0.820. The van der Waals surface area contributed by atoms with E-state index in [0.717, 1.165) is 56.3 Å². The third-order valence-electron chi connectivity index (χ3n) is 8.30. The van der Waals surface area contributed by atoms with E-state index in [0.29, 0.717) is 0 Å². The van der Waals surface area contributed by atoms with Gasteiger partial charge in [-0.1, -0.05) is 91.0 Å². The van der Waals surface area contributed by atoms with Crippen LogP contribution in [0.3, 0.4) is 0 Å². The number of hydrogen-bond acceptors (Lipinski definition) is 3. The monoisotopic (exact) mass is 537 g/mol. The highest BCUT2D eigenvalue weighted by molar-refractivity contribution is 6.11. The fraction of sp³-hybridized carbons (Fsp3) is 0. The Balaban J connectivity index is 1.24. The summed E-state index contributed by atoms with van der Waals surface area (Å²) in [5.41, 5.74) is 8.72. The molecule has 0 spiro atoms. The van der Waals surface area contributed by atoms with Gasteiger partial charge in [-0.15, -0.1) is 0 Å². The smallest absolute Gasteiger partial charge is 0.164 e. The molecule has 4 nitrogen and oxygen atoms in total. The Labute approximate surface area is 242 Å². The van der Waals surface area contributed by atoms with Gasteiger partial charge in [-0.05, 0) is 58.5 Å². The molecule has 1 aliphatic heterocycles. The zero-order valence-corrected chi connectivity index (χ0v) is 22.5. The van der Waals surface area contributed by atoms with Crippen molar-refractivity contribution in [3.63, 3.8) is 0 Å². The maximum atomic E-state index is 6.35. The van der Waals surface area contributed by atoms with Crippen molar-refractivity contribution in [3.8, 4) is 50.8 Å². The van der Waals surface area contributed by atoms with Gasteiger partial charge in [0.05, 0.1) is 11.0 Å². The van der Waals surface area contributed by atoms with Crippen LogP contribution in [0.4, 0.5) is 0 Å². The SMILES string of the molecule is c1ccc(-c2nccnc2-n2c3ccccc3c3cc(-c4ccc5c(c4)-c4cccc6cccc(c46)O5)ccc32)cc1. The number of aromatic nitrogens is 3. The summed E-state index contributed by atoms with van der Waals surface area (Å²) in [6.07, 6.45) is 3.53. The average molecular weight is 538 g/mol. The highest BCUT2D eigenvalue weighted by atomic mass is 16.5. The Kier molecular flexibility index (Phi) is 4.87. The Hall–Kier alpha value is -5.74. The normalized spacial score (nSPS) is 12.0. The third kappa shape index (κ3) is 3.36. The number of hydrogen-bond donors (Lipinski definition) is 0. The summed E-state index contributed by atoms with van der Waals surface area (Å²) in [6.45, 7) is 0. The van der Waals surface area contributed by atoms with E-state index in [-0.39, 0.29) is 0 Å². The second-order valence-electron chi connectivity index (χ2n) is 10.7. The van der Waals surface area contributed by atoms with Gasteiger partial charge >= 0.3 is 0 Å². The molecule has 42 heavy (non-hydrogen) atoms. The lowest BCUT2D eigenvalue weighted by molar-refractivity contribution is 0.487. The van der Waals surface area contributed by atoms with Crippen LogP contribution in [-0.4, -0.2) is 14.5 Å². The minimum Gasteiger partial charge on any atom is -0.456 e. The predicted octanol–water partition coefficient (Wildman–Crippen LogP) is 9.83. The van der Waals surface area contributed by atoms with E-state index < -0.39 is 0 Å². The van der Waals surface area contributed by atoms with Crippen LogP contribution < -0.4 is 4.74 Å². The van der Waals surface area contributed by atoms with Crippen molar-refractivity contribution in [2.75, 3.05) is 0 Å². The van der Waals surface area contributed by atoms with Gasteiger partial charge in [0.2, 0.25) is 0 Å². The van der Waals surface area contributed by atoms with Gasteiger partial charge < -0.3 is 4.74 Å². The van der Waals surface area contributed by atoms with E-state index in [9.17, 15) is 0 Å². The largest absolute Gasteiger partial charge is 0.456 e. The van der Waals surface area contributed by atoms with Crippen LogP contribution in [0.15, 0.2) is 140 Å². The Bertz CT molecular complexity index is 2330. The van der Waals surface area contributed by atoms with Crippen LogP contribution in [0.2, 0.25) is 0 Å². The first-order valence-electron chi connectivity index (χ1n) is 14.1. The van der Waals surface area contributed by atoms with Crippen LogP contribution in [0.5, 0.6) is 11.5 Å². The zero-order chi connectivity index (χ0) is 27.6. The molecular weight excluding hydrogens is 514 g/mol. The van der Waals surface area contributed by atoms with Crippen molar-refractivity contribution in [2.24, 2.45) is 0 Å². The molecule has 1 aliphatic rings. The Morgan fingerprint density at radius 2 is 1.26 bits per heavy atom. The number of nitrogens with zero attached hydrogens (tertiary/aromatic N) is 3. The molecule has 9 rings (SSSR count). The summed E-state index contributed by atoms with van der Waals surface area (Å²) in [7, 11) is 0. The van der Waals surface area contributed by atoms with Gasteiger partial charge in [0.15, 0.2) is 5.82 Å². The highest BCUT2D eigenvalue weighted by Gasteiger charge is 2.21. The van der Waals surface area contributed by atoms with E-state index in [1.54, 1.807) is 12.4 Å². The van der Waals surface area contributed by atoms with E-state index in [4.69, 9.17) is 14.7 Å². The molecule has 4 heteroatoms. The van der Waals surface area contributed by atoms with Crippen LogP contribution >= 0.6 is 0 Å². The van der Waals surface area contributed by atoms with Crippen molar-refractivity contribution in [3.05, 3.63) is 140 Å². The topological polar surface area (TPSA) is 39.9 Å². The molecule has 0 aliphatic carbocycles. The van der Waals surface area contributed by atoms with Crippen molar-refractivity contribution < 1.29 is 4.74 Å². The van der Waals surface area contributed by atoms with Crippen LogP contribution in [0.1, 0.15) is 0 Å². The molecule has 0 amide bonds. The van der Waals surface area contributed by atoms with Gasteiger partial charge in [0.25, 0.3) is 0 Å². The number of rotatable bonds is 3. The van der Waals surface area contributed by atoms with Crippen LogP contribution in [0.25, 0.3) is 71.9 Å². The van der Waals surface area contributed by atoms with E-state index in [2.05, 4.69) is 108 Å². The summed E-state index contributed by atoms with van der Waals surface area (Å²) in [5, 5.41) is 4.71. The Morgan fingerprint density at radius 3 is 2.19 bits per heavy atom. The van der Waals surface area contributed by atoms with Crippen LogP contribution in [0, 0.1) is 0 Å². The fourth-order valence-corrected chi connectivity index (χ4v) is 6.42. The predicted molar refractivity (Wildman–Crippen MR) is 170 cm³/mol. The summed E-state index contributed by atoms with van der Waals surface area (Å²) in [5.74, 6) is 2.62. The lowest BCUT2D eigenvalue weighted by Crippen LogP contribution is -2.02. The molecule has 0 bridgehead atoms. The minimum absolute atomic E-state index is 0.820. The van der Waals surface area contributed by atoms with Crippen molar-refractivity contribution in [2.45, 2.75) is 0 Å². The molecule has 0 unspecified atom stereocenters. The van der Waals surface area contributed by atoms with Crippen LogP contribution in [-0.2, 0) is 0 Å². The van der Waals surface area contributed by atoms with Gasteiger partial charge in [-0.2, -0.15) is 0 Å². The molecule has 0 atom stereocenters. The lowest BCUT2D eigenvalue weighted by atomic mass is 9.92. The van der Waals surface area contributed by atoms with E-state index in [1.165, 1.54) is 27.1 Å². The van der Waals surface area contributed by atoms with E-state index >= 15 is 0 Å². The van der Waals surface area contributed by atoms with Gasteiger partial charge in [-0.25, -0.2) is 4.98 Å². The molecule has 2 aromatic heterocycles. The molecule has 3 heterocycles. The molecule has 0 saturated heterocycles. The number of benzene rings is 6. The molecule has 0 radical (unpaired) electrons. The maximum absolute atomic E-state index is 6.35. The van der Waals surface area contributed by atoms with Crippen molar-refractivity contribution in [1.29, 1.82) is 0 Å². The standard InChI is InChI=1S/C38H23N3O/c1-2-8-25(9-3-1)37-38(40-21-20-39-37)41-32-14-5-4-12-28(32)30-22-26(16-18-33(30)41)27-17-19-34-31(23-27)29-13-6-10-24-11-7-15-35(42-34)36(24)29/h1-23H. The highest BCUT2D eigenvalue weighted by Crippen LogP contribution is 2.47. The number of ether oxygens (including phenoxy) is 1. The summed E-state index contributed by atoms with van der Waals surface area (Å²) < 4.78 is 8.59. The molecule has 196 valence electrons. The fourth-order valence-electron chi connectivity index (χ4n) is 6.42. The lowest BCUT2D eigenvalue weighted by Gasteiger charge is -2.22. The molecule has 8 aromatic rings. The zero-order valence-electron chi connectivity index (χ0n) is 22.5. The summed E-state index contributed by atoms with van der Waals surface area (Å²) >= 11 is 0. The quantitative estimate of drug-likeness (QED) is 0.225. The maximum Gasteiger partial charge on any atom is 0.164 e. The second-order valence-corrected chi connectivity index (χ2v) is 10.7. The first kappa shape index (κ1) is 23.0. The Morgan fingerprint density at radius 1 is 0.500 bits per heavy atom. The van der Waals surface area contributed by atoms with E-state index in [1.807, 2.05) is 24.3 Å². The van der Waals surface area contributed by atoms with Gasteiger partial charge in [0.1, 0.15) is 17.2 Å². The second kappa shape index (κ2) is 8.88. The molecular formula is C38H23N3O. The first-order valence-corrected chi connectivity index (χ1v) is 14.1. The molecule has 0 N–H and O–H groups in total. The molecule has 0 saturated carbocycles. The van der Waals surface area contributed by atoms with Gasteiger partial charge in [-0.3, -0.25) is 9.55 Å². The summed E-state index contributed by atoms with van der Waals surface area (Å²) in [4.78, 5) is 9.61.